The molecule has 0 atom stereocenters. The van der Waals surface area contributed by atoms with E-state index < -0.39 is 11.7 Å². The molecule has 6 aromatic carbocycles. The number of nitrogens with zero attached hydrogens (tertiary/aromatic N) is 4. The first-order chi connectivity index (χ1) is 24.0. The highest BCUT2D eigenvalue weighted by Crippen LogP contribution is 2.46. The van der Waals surface area contributed by atoms with Gasteiger partial charge in [-0.2, -0.15) is 18.4 Å². The second kappa shape index (κ2) is 11.1. The maximum Gasteiger partial charge on any atom is 0.416 e. The summed E-state index contributed by atoms with van der Waals surface area (Å²) in [6, 6.07) is 33.9. The molecule has 0 saturated carbocycles. The normalized spacial score (nSPS) is 11.9. The molecule has 4 nitrogen and oxygen atoms in total. The van der Waals surface area contributed by atoms with E-state index in [1.54, 1.807) is 0 Å². The van der Waals surface area contributed by atoms with Gasteiger partial charge in [0.15, 0.2) is 0 Å². The van der Waals surface area contributed by atoms with E-state index >= 15 is 0 Å². The summed E-state index contributed by atoms with van der Waals surface area (Å²) >= 11 is 0. The topological polar surface area (TPSA) is 38.0 Å². The van der Waals surface area contributed by atoms with Gasteiger partial charge in [-0.1, -0.05) is 47.0 Å². The van der Waals surface area contributed by atoms with Crippen LogP contribution in [0, 0.1) is 45.6 Å². The molecule has 0 aliphatic carbocycles. The number of halogens is 3. The fourth-order valence-corrected chi connectivity index (χ4v) is 7.39. The predicted octanol–water partition coefficient (Wildman–Crippen LogP) is 12.2. The first-order valence-corrected chi connectivity index (χ1v) is 16.2. The van der Waals surface area contributed by atoms with Gasteiger partial charge in [0.25, 0.3) is 0 Å². The van der Waals surface area contributed by atoms with Crippen LogP contribution >= 0.6 is 0 Å². The van der Waals surface area contributed by atoms with Crippen LogP contribution in [0.2, 0.25) is 0 Å². The van der Waals surface area contributed by atoms with Crippen LogP contribution in [-0.4, -0.2) is 9.13 Å². The third-order valence-electron chi connectivity index (χ3n) is 9.55. The Kier molecular flexibility index (Phi) is 6.89. The Morgan fingerprint density at radius 3 is 1.64 bits per heavy atom. The van der Waals surface area contributed by atoms with E-state index in [1.165, 1.54) is 12.1 Å². The fraction of sp³-hybridized carbons (Fsp3) is 0.116. The van der Waals surface area contributed by atoms with Crippen molar-refractivity contribution in [1.82, 2.24) is 9.13 Å². The van der Waals surface area contributed by atoms with E-state index in [-0.39, 0.29) is 0 Å². The molecule has 0 unspecified atom stereocenters. The van der Waals surface area contributed by atoms with Crippen LogP contribution in [0.3, 0.4) is 0 Å². The van der Waals surface area contributed by atoms with Crippen LogP contribution in [0.1, 0.15) is 33.4 Å². The van der Waals surface area contributed by atoms with Crippen LogP contribution in [0.4, 0.5) is 18.9 Å². The van der Waals surface area contributed by atoms with Gasteiger partial charge >= 0.3 is 6.18 Å². The molecule has 242 valence electrons. The van der Waals surface area contributed by atoms with Gasteiger partial charge in [-0.25, -0.2) is 4.85 Å². The molecule has 0 aliphatic heterocycles. The number of hydrogen-bond donors (Lipinski definition) is 0. The zero-order valence-corrected chi connectivity index (χ0v) is 27.7. The number of rotatable bonds is 3. The minimum absolute atomic E-state index is 0.335. The van der Waals surface area contributed by atoms with Crippen molar-refractivity contribution in [2.45, 2.75) is 33.9 Å². The summed E-state index contributed by atoms with van der Waals surface area (Å²) in [4.78, 5) is 4.23. The third kappa shape index (κ3) is 4.74. The molecule has 8 rings (SSSR count). The molecule has 8 aromatic rings. The molecule has 2 heterocycles. The Morgan fingerprint density at radius 1 is 0.600 bits per heavy atom. The lowest BCUT2D eigenvalue weighted by molar-refractivity contribution is -0.137. The average Bonchev–Trinajstić information content (AvgIpc) is 3.57. The molecular weight excluding hydrogens is 629 g/mol. The summed E-state index contributed by atoms with van der Waals surface area (Å²) in [5.74, 6) is 0. The molecular formula is C43H29F3N4. The first kappa shape index (κ1) is 31.0. The minimum Gasteiger partial charge on any atom is -0.319 e. The standard InChI is InChI=1S/C43H29F3N4/c1-24-6-11-36-34(20-24)35-22-30(43(44,45)46)9-14-37(35)49(36)40-15-10-31(29-17-27(4)16-28(21-29)23-47)42(41(40)48-5)50-38-12-7-25(2)18-32(38)33-19-26(3)8-13-39(33)50/h6-22H,1-4H3. The van der Waals surface area contributed by atoms with Gasteiger partial charge in [-0.3, -0.25) is 0 Å². The van der Waals surface area contributed by atoms with Crippen molar-refractivity contribution in [3.05, 3.63) is 148 Å². The lowest BCUT2D eigenvalue weighted by Gasteiger charge is -2.20. The van der Waals surface area contributed by atoms with Crippen molar-refractivity contribution in [3.8, 4) is 28.6 Å². The molecule has 0 fully saturated rings. The first-order valence-electron chi connectivity index (χ1n) is 16.2. The Hall–Kier alpha value is -6.31. The summed E-state index contributed by atoms with van der Waals surface area (Å²) in [5, 5.41) is 13.1. The summed E-state index contributed by atoms with van der Waals surface area (Å²) in [7, 11) is 0. The maximum absolute atomic E-state index is 14.0. The average molecular weight is 659 g/mol. The number of fused-ring (bicyclic) bond motifs is 6. The Labute approximate surface area is 286 Å². The largest absolute Gasteiger partial charge is 0.416 e. The Bertz CT molecular complexity index is 2760. The van der Waals surface area contributed by atoms with E-state index in [4.69, 9.17) is 6.57 Å². The fourth-order valence-electron chi connectivity index (χ4n) is 7.39. The molecule has 0 spiro atoms. The van der Waals surface area contributed by atoms with Crippen molar-refractivity contribution in [1.29, 1.82) is 5.26 Å². The highest BCUT2D eigenvalue weighted by Gasteiger charge is 2.32. The second-order valence-electron chi connectivity index (χ2n) is 13.1. The number of alkyl halides is 3. The Balaban J connectivity index is 1.56. The van der Waals surface area contributed by atoms with Gasteiger partial charge in [0, 0.05) is 21.5 Å². The quantitative estimate of drug-likeness (QED) is 0.174. The smallest absolute Gasteiger partial charge is 0.319 e. The van der Waals surface area contributed by atoms with Crippen molar-refractivity contribution < 1.29 is 13.2 Å². The number of aryl methyl sites for hydroxylation is 4. The summed E-state index contributed by atoms with van der Waals surface area (Å²) in [6.45, 7) is 16.7. The third-order valence-corrected chi connectivity index (χ3v) is 9.55. The molecule has 0 aliphatic rings. The monoisotopic (exact) mass is 658 g/mol. The molecule has 0 N–H and O–H groups in total. The molecule has 0 bridgehead atoms. The van der Waals surface area contributed by atoms with Crippen molar-refractivity contribution in [3.63, 3.8) is 0 Å². The highest BCUT2D eigenvalue weighted by atomic mass is 19.4. The minimum atomic E-state index is -4.51. The van der Waals surface area contributed by atoms with Gasteiger partial charge in [0.2, 0.25) is 5.69 Å². The lowest BCUT2D eigenvalue weighted by Crippen LogP contribution is -2.05. The summed E-state index contributed by atoms with van der Waals surface area (Å²) in [5.41, 5.74) is 9.97. The predicted molar refractivity (Wildman–Crippen MR) is 195 cm³/mol. The number of nitriles is 1. The summed E-state index contributed by atoms with van der Waals surface area (Å²) in [6.07, 6.45) is -4.51. The molecule has 0 saturated heterocycles. The molecule has 0 radical (unpaired) electrons. The van der Waals surface area contributed by atoms with E-state index in [1.807, 2.05) is 66.9 Å². The maximum atomic E-state index is 14.0. The van der Waals surface area contributed by atoms with Gasteiger partial charge in [-0.05, 0) is 117 Å². The molecule has 0 amide bonds. The van der Waals surface area contributed by atoms with Crippen LogP contribution in [0.25, 0.3) is 71.0 Å². The highest BCUT2D eigenvalue weighted by molar-refractivity contribution is 6.13. The SMILES string of the molecule is [C-]#[N+]c1c(-n2c3ccc(C)cc3c3cc(C(F)(F)F)ccc32)ccc(-c2cc(C)cc(C#N)c2)c1-n1c2ccc(C)cc2c2cc(C)ccc21. The van der Waals surface area contributed by atoms with Gasteiger partial charge in [0.05, 0.1) is 57.2 Å². The lowest BCUT2D eigenvalue weighted by atomic mass is 9.97. The Morgan fingerprint density at radius 2 is 1.12 bits per heavy atom. The van der Waals surface area contributed by atoms with Crippen molar-refractivity contribution in [2.75, 3.05) is 0 Å². The van der Waals surface area contributed by atoms with Gasteiger partial charge < -0.3 is 9.13 Å². The number of benzene rings is 6. The van der Waals surface area contributed by atoms with Crippen LogP contribution in [0.5, 0.6) is 0 Å². The molecule has 2 aromatic heterocycles. The van der Waals surface area contributed by atoms with E-state index in [2.05, 4.69) is 65.7 Å². The van der Waals surface area contributed by atoms with Crippen molar-refractivity contribution in [2.24, 2.45) is 0 Å². The van der Waals surface area contributed by atoms with Gasteiger partial charge in [-0.15, -0.1) is 0 Å². The van der Waals surface area contributed by atoms with Crippen molar-refractivity contribution >= 4 is 49.3 Å². The second-order valence-corrected chi connectivity index (χ2v) is 13.1. The number of hydrogen-bond acceptors (Lipinski definition) is 1. The zero-order chi connectivity index (χ0) is 35.1. The van der Waals surface area contributed by atoms with E-state index in [0.717, 1.165) is 61.3 Å². The molecule has 7 heteroatoms. The van der Waals surface area contributed by atoms with E-state index in [0.29, 0.717) is 44.4 Å². The molecule has 50 heavy (non-hydrogen) atoms. The van der Waals surface area contributed by atoms with Crippen LogP contribution in [-0.2, 0) is 6.18 Å². The zero-order valence-electron chi connectivity index (χ0n) is 27.7. The summed E-state index contributed by atoms with van der Waals surface area (Å²) < 4.78 is 46.0. The van der Waals surface area contributed by atoms with Gasteiger partial charge in [0.1, 0.15) is 0 Å². The van der Waals surface area contributed by atoms with E-state index in [9.17, 15) is 18.4 Å². The van der Waals surface area contributed by atoms with Crippen LogP contribution < -0.4 is 0 Å². The number of aromatic nitrogens is 2. The van der Waals surface area contributed by atoms with Crippen LogP contribution in [0.15, 0.2) is 103 Å².